The van der Waals surface area contributed by atoms with Crippen molar-refractivity contribution >= 4 is 0 Å². The number of para-hydroxylation sites is 1. The van der Waals surface area contributed by atoms with Gasteiger partial charge in [-0.05, 0) is 63.0 Å². The standard InChI is InChI=1S/C23H31N3O2/c27-23(17-10-11-17)21-14-19-16-25(12-5-13-26(19)24-21)15-18-6-1-4-9-22(18)28-20-7-2-3-8-20/h1,4,6,9,14,17,20,23,27H,2-3,5,7-8,10-13,15-16H2/t23-/m1/s1. The molecule has 1 aliphatic heterocycles. The van der Waals surface area contributed by atoms with Crippen LogP contribution in [0.4, 0.5) is 0 Å². The first-order valence-electron chi connectivity index (χ1n) is 11.0. The topological polar surface area (TPSA) is 50.5 Å². The van der Waals surface area contributed by atoms with Crippen LogP contribution >= 0.6 is 0 Å². The minimum Gasteiger partial charge on any atom is -0.490 e. The number of fused-ring (bicyclic) bond motifs is 1. The zero-order chi connectivity index (χ0) is 18.9. The summed E-state index contributed by atoms with van der Waals surface area (Å²) in [6.07, 6.45) is 8.30. The van der Waals surface area contributed by atoms with Crippen molar-refractivity contribution in [1.29, 1.82) is 0 Å². The number of ether oxygens (including phenoxy) is 1. The number of hydrogen-bond donors (Lipinski definition) is 1. The molecule has 0 saturated heterocycles. The van der Waals surface area contributed by atoms with Gasteiger partial charge in [-0.1, -0.05) is 18.2 Å². The highest BCUT2D eigenvalue weighted by atomic mass is 16.5. The molecule has 0 spiro atoms. The molecular weight excluding hydrogens is 350 g/mol. The highest BCUT2D eigenvalue weighted by Gasteiger charge is 2.33. The Hall–Kier alpha value is -1.85. The van der Waals surface area contributed by atoms with Gasteiger partial charge in [0.05, 0.1) is 17.5 Å². The average Bonchev–Trinajstić information content (AvgIpc) is 3.35. The molecule has 0 bridgehead atoms. The summed E-state index contributed by atoms with van der Waals surface area (Å²) in [7, 11) is 0. The van der Waals surface area contributed by atoms with Crippen molar-refractivity contribution in [3.63, 3.8) is 0 Å². The van der Waals surface area contributed by atoms with Crippen molar-refractivity contribution in [3.05, 3.63) is 47.3 Å². The van der Waals surface area contributed by atoms with Crippen molar-refractivity contribution < 1.29 is 9.84 Å². The second kappa shape index (κ2) is 7.88. The number of aryl methyl sites for hydroxylation is 1. The van der Waals surface area contributed by atoms with Crippen molar-refractivity contribution in [2.24, 2.45) is 5.92 Å². The van der Waals surface area contributed by atoms with Crippen LogP contribution < -0.4 is 4.74 Å². The SMILES string of the molecule is O[C@@H](c1cc2n(n1)CCCN(Cc1ccccc1OC1CCCC1)C2)C1CC1. The van der Waals surface area contributed by atoms with E-state index in [1.54, 1.807) is 0 Å². The smallest absolute Gasteiger partial charge is 0.124 e. The van der Waals surface area contributed by atoms with Crippen LogP contribution in [-0.4, -0.2) is 32.4 Å². The molecule has 5 nitrogen and oxygen atoms in total. The van der Waals surface area contributed by atoms with Crippen molar-refractivity contribution in [3.8, 4) is 5.75 Å². The Bertz CT molecular complexity index is 808. The molecule has 1 aromatic heterocycles. The zero-order valence-electron chi connectivity index (χ0n) is 16.6. The fourth-order valence-corrected chi connectivity index (χ4v) is 4.66. The predicted octanol–water partition coefficient (Wildman–Crippen LogP) is 4.05. The van der Waals surface area contributed by atoms with Crippen molar-refractivity contribution in [1.82, 2.24) is 14.7 Å². The molecule has 1 atom stereocenters. The van der Waals surface area contributed by atoms with E-state index in [9.17, 15) is 5.11 Å². The van der Waals surface area contributed by atoms with E-state index in [1.165, 1.54) is 36.9 Å². The molecule has 0 unspecified atom stereocenters. The highest BCUT2D eigenvalue weighted by molar-refractivity contribution is 5.33. The number of aromatic nitrogens is 2. The summed E-state index contributed by atoms with van der Waals surface area (Å²) in [5.41, 5.74) is 3.37. The van der Waals surface area contributed by atoms with Gasteiger partial charge in [0.15, 0.2) is 0 Å². The van der Waals surface area contributed by atoms with Crippen LogP contribution in [0.3, 0.4) is 0 Å². The van der Waals surface area contributed by atoms with Gasteiger partial charge in [0.25, 0.3) is 0 Å². The monoisotopic (exact) mass is 381 g/mol. The third kappa shape index (κ3) is 3.96. The quantitative estimate of drug-likeness (QED) is 0.820. The Kier molecular flexibility index (Phi) is 5.12. The number of nitrogens with zero attached hydrogens (tertiary/aromatic N) is 3. The fraction of sp³-hybridized carbons (Fsp3) is 0.609. The molecule has 5 rings (SSSR count). The summed E-state index contributed by atoms with van der Waals surface area (Å²) < 4.78 is 8.45. The number of benzene rings is 1. The van der Waals surface area contributed by atoms with Crippen LogP contribution in [0.5, 0.6) is 5.75 Å². The third-order valence-corrected chi connectivity index (χ3v) is 6.45. The minimum atomic E-state index is -0.381. The lowest BCUT2D eigenvalue weighted by Gasteiger charge is -2.22. The normalized spacial score (nSPS) is 22.0. The summed E-state index contributed by atoms with van der Waals surface area (Å²) in [5.74, 6) is 1.48. The van der Waals surface area contributed by atoms with Crippen LogP contribution in [0.15, 0.2) is 30.3 Å². The third-order valence-electron chi connectivity index (χ3n) is 6.45. The number of aliphatic hydroxyl groups excluding tert-OH is 1. The minimum absolute atomic E-state index is 0.381. The molecule has 2 saturated carbocycles. The summed E-state index contributed by atoms with van der Waals surface area (Å²) in [4.78, 5) is 2.49. The Morgan fingerprint density at radius 3 is 2.71 bits per heavy atom. The van der Waals surface area contributed by atoms with Crippen LogP contribution in [0, 0.1) is 5.92 Å². The van der Waals surface area contributed by atoms with E-state index in [0.29, 0.717) is 12.0 Å². The van der Waals surface area contributed by atoms with Crippen LogP contribution in [0.2, 0.25) is 0 Å². The van der Waals surface area contributed by atoms with Gasteiger partial charge in [0.2, 0.25) is 0 Å². The maximum Gasteiger partial charge on any atom is 0.124 e. The molecule has 3 aliphatic rings. The highest BCUT2D eigenvalue weighted by Crippen LogP contribution is 2.40. The molecule has 2 fully saturated rings. The molecule has 5 heteroatoms. The fourth-order valence-electron chi connectivity index (χ4n) is 4.66. The molecule has 1 aromatic carbocycles. The maximum absolute atomic E-state index is 10.4. The van der Waals surface area contributed by atoms with E-state index in [0.717, 1.165) is 56.9 Å². The summed E-state index contributed by atoms with van der Waals surface area (Å²) in [6, 6.07) is 10.6. The lowest BCUT2D eigenvalue weighted by molar-refractivity contribution is 0.148. The van der Waals surface area contributed by atoms with Crippen LogP contribution in [-0.2, 0) is 19.6 Å². The van der Waals surface area contributed by atoms with E-state index in [4.69, 9.17) is 9.84 Å². The predicted molar refractivity (Wildman–Crippen MR) is 108 cm³/mol. The second-order valence-corrected chi connectivity index (χ2v) is 8.76. The number of aliphatic hydroxyl groups is 1. The van der Waals surface area contributed by atoms with Crippen LogP contribution in [0.1, 0.15) is 68.0 Å². The van der Waals surface area contributed by atoms with Gasteiger partial charge in [0, 0.05) is 31.7 Å². The van der Waals surface area contributed by atoms with Crippen molar-refractivity contribution in [2.75, 3.05) is 6.54 Å². The number of hydrogen-bond acceptors (Lipinski definition) is 4. The molecule has 0 amide bonds. The van der Waals surface area contributed by atoms with Gasteiger partial charge < -0.3 is 9.84 Å². The molecule has 28 heavy (non-hydrogen) atoms. The number of rotatable bonds is 6. The molecular formula is C23H31N3O2. The zero-order valence-corrected chi connectivity index (χ0v) is 16.6. The molecule has 2 aromatic rings. The molecule has 150 valence electrons. The molecule has 0 radical (unpaired) electrons. The Labute approximate surface area is 167 Å². The van der Waals surface area contributed by atoms with E-state index < -0.39 is 0 Å². The second-order valence-electron chi connectivity index (χ2n) is 8.76. The van der Waals surface area contributed by atoms with E-state index in [-0.39, 0.29) is 6.10 Å². The lowest BCUT2D eigenvalue weighted by atomic mass is 10.1. The molecule has 1 N–H and O–H groups in total. The largest absolute Gasteiger partial charge is 0.490 e. The Morgan fingerprint density at radius 2 is 1.89 bits per heavy atom. The van der Waals surface area contributed by atoms with E-state index in [1.807, 2.05) is 0 Å². The molecule has 2 aliphatic carbocycles. The van der Waals surface area contributed by atoms with Gasteiger partial charge in [0.1, 0.15) is 11.9 Å². The summed E-state index contributed by atoms with van der Waals surface area (Å²) in [5, 5.41) is 15.2. The molecule has 2 heterocycles. The van der Waals surface area contributed by atoms with Gasteiger partial charge >= 0.3 is 0 Å². The van der Waals surface area contributed by atoms with Crippen LogP contribution in [0.25, 0.3) is 0 Å². The first-order chi connectivity index (χ1) is 13.8. The average molecular weight is 382 g/mol. The first kappa shape index (κ1) is 18.2. The summed E-state index contributed by atoms with van der Waals surface area (Å²) >= 11 is 0. The maximum atomic E-state index is 10.4. The Morgan fingerprint density at radius 1 is 1.07 bits per heavy atom. The first-order valence-corrected chi connectivity index (χ1v) is 11.0. The lowest BCUT2D eigenvalue weighted by Crippen LogP contribution is -2.23. The van der Waals surface area contributed by atoms with Gasteiger partial charge in [-0.3, -0.25) is 9.58 Å². The van der Waals surface area contributed by atoms with Gasteiger partial charge in [-0.25, -0.2) is 0 Å². The van der Waals surface area contributed by atoms with E-state index in [2.05, 4.69) is 39.9 Å². The Balaban J connectivity index is 1.29. The van der Waals surface area contributed by atoms with Gasteiger partial charge in [-0.2, -0.15) is 5.10 Å². The van der Waals surface area contributed by atoms with Gasteiger partial charge in [-0.15, -0.1) is 0 Å². The van der Waals surface area contributed by atoms with E-state index >= 15 is 0 Å². The van der Waals surface area contributed by atoms with Crippen molar-refractivity contribution in [2.45, 2.75) is 76.8 Å². The summed E-state index contributed by atoms with van der Waals surface area (Å²) in [6.45, 7) is 3.77.